The normalized spacial score (nSPS) is 20.4. The zero-order valence-electron chi connectivity index (χ0n) is 14.4. The highest BCUT2D eigenvalue weighted by molar-refractivity contribution is 5.94. The van der Waals surface area contributed by atoms with E-state index in [0.717, 1.165) is 5.57 Å². The Kier molecular flexibility index (Phi) is 5.54. The Bertz CT molecular complexity index is 638. The molecule has 0 aliphatic carbocycles. The van der Waals surface area contributed by atoms with Crippen molar-refractivity contribution in [2.75, 3.05) is 25.5 Å². The van der Waals surface area contributed by atoms with E-state index < -0.39 is 11.4 Å². The summed E-state index contributed by atoms with van der Waals surface area (Å²) >= 11 is 0. The third-order valence-corrected chi connectivity index (χ3v) is 4.34. The quantitative estimate of drug-likeness (QED) is 0.803. The molecule has 0 spiro atoms. The van der Waals surface area contributed by atoms with E-state index in [1.807, 2.05) is 19.9 Å². The van der Waals surface area contributed by atoms with Crippen LogP contribution in [-0.4, -0.2) is 52.0 Å². The Morgan fingerprint density at radius 1 is 1.38 bits per heavy atom. The number of allylic oxidation sites excluding steroid dienone is 2. The lowest BCUT2D eigenvalue weighted by atomic mass is 9.76. The number of anilines is 1. The molecule has 1 saturated heterocycles. The molecule has 2 rings (SSSR count). The molecule has 1 unspecified atom stereocenters. The first-order valence-electron chi connectivity index (χ1n) is 8.04. The summed E-state index contributed by atoms with van der Waals surface area (Å²) in [6, 6.07) is 0. The average molecular weight is 332 g/mol. The summed E-state index contributed by atoms with van der Waals surface area (Å²) in [4.78, 5) is 34.2. The molecule has 7 heteroatoms. The largest absolute Gasteiger partial charge is 0.481 e. The maximum absolute atomic E-state index is 12.7. The Balaban J connectivity index is 2.19. The number of hydrogen-bond acceptors (Lipinski definition) is 5. The van der Waals surface area contributed by atoms with Crippen LogP contribution >= 0.6 is 0 Å². The minimum absolute atomic E-state index is 0.207. The van der Waals surface area contributed by atoms with Gasteiger partial charge in [0.05, 0.1) is 11.0 Å². The molecule has 24 heavy (non-hydrogen) atoms. The summed E-state index contributed by atoms with van der Waals surface area (Å²) in [7, 11) is 1.70. The van der Waals surface area contributed by atoms with Crippen molar-refractivity contribution in [1.29, 1.82) is 0 Å². The van der Waals surface area contributed by atoms with E-state index in [2.05, 4.69) is 15.3 Å². The van der Waals surface area contributed by atoms with Gasteiger partial charge in [-0.15, -0.1) is 0 Å². The van der Waals surface area contributed by atoms with Crippen molar-refractivity contribution < 1.29 is 14.7 Å². The van der Waals surface area contributed by atoms with Crippen LogP contribution in [0.2, 0.25) is 0 Å². The van der Waals surface area contributed by atoms with E-state index in [1.165, 1.54) is 12.4 Å². The molecule has 130 valence electrons. The van der Waals surface area contributed by atoms with E-state index in [9.17, 15) is 14.7 Å². The second-order valence-electron chi connectivity index (χ2n) is 6.45. The van der Waals surface area contributed by atoms with Gasteiger partial charge in [0, 0.05) is 32.5 Å². The minimum atomic E-state index is -0.920. The standard InChI is InChI=1S/C17H24N4O3/c1-12(2)5-7-17(15(23)24)6-4-8-21(11-17)14(22)13-9-19-16(18-3)20-10-13/h5,9-10H,4,6-8,11H2,1-3H3,(H,23,24)(H,18,19,20). The van der Waals surface area contributed by atoms with Crippen LogP contribution in [0.25, 0.3) is 0 Å². The number of carboxylic acid groups (broad SMARTS) is 1. The minimum Gasteiger partial charge on any atom is -0.481 e. The van der Waals surface area contributed by atoms with Gasteiger partial charge in [0.15, 0.2) is 0 Å². The molecule has 7 nitrogen and oxygen atoms in total. The van der Waals surface area contributed by atoms with Gasteiger partial charge in [-0.2, -0.15) is 0 Å². The van der Waals surface area contributed by atoms with Gasteiger partial charge in [0.2, 0.25) is 5.95 Å². The monoisotopic (exact) mass is 332 g/mol. The second-order valence-corrected chi connectivity index (χ2v) is 6.45. The second kappa shape index (κ2) is 7.42. The van der Waals surface area contributed by atoms with Crippen molar-refractivity contribution in [3.05, 3.63) is 29.6 Å². The number of hydrogen-bond donors (Lipinski definition) is 2. The number of aliphatic carboxylic acids is 1. The molecular formula is C17H24N4O3. The summed E-state index contributed by atoms with van der Waals surface area (Å²) in [6.45, 7) is 4.65. The average Bonchev–Trinajstić information content (AvgIpc) is 2.59. The molecule has 0 aromatic carbocycles. The molecule has 1 aliphatic heterocycles. The van der Waals surface area contributed by atoms with Crippen molar-refractivity contribution in [3.8, 4) is 0 Å². The molecule has 1 aliphatic rings. The molecule has 1 fully saturated rings. The van der Waals surface area contributed by atoms with Crippen LogP contribution in [0.5, 0.6) is 0 Å². The number of carboxylic acids is 1. The number of nitrogens with zero attached hydrogens (tertiary/aromatic N) is 3. The van der Waals surface area contributed by atoms with E-state index in [1.54, 1.807) is 11.9 Å². The van der Waals surface area contributed by atoms with Gasteiger partial charge in [-0.05, 0) is 33.1 Å². The van der Waals surface area contributed by atoms with Crippen molar-refractivity contribution >= 4 is 17.8 Å². The topological polar surface area (TPSA) is 95.4 Å². The third-order valence-electron chi connectivity index (χ3n) is 4.34. The van der Waals surface area contributed by atoms with Crippen molar-refractivity contribution in [2.24, 2.45) is 5.41 Å². The molecule has 2 N–H and O–H groups in total. The first-order chi connectivity index (χ1) is 11.4. The van der Waals surface area contributed by atoms with Crippen LogP contribution in [0.15, 0.2) is 24.0 Å². The summed E-state index contributed by atoms with van der Waals surface area (Å²) in [6.07, 6.45) is 6.55. The third kappa shape index (κ3) is 3.90. The van der Waals surface area contributed by atoms with E-state index in [0.29, 0.717) is 37.3 Å². The fourth-order valence-electron chi connectivity index (χ4n) is 2.88. The fourth-order valence-corrected chi connectivity index (χ4v) is 2.88. The number of carbonyl (C=O) groups is 2. The van der Waals surface area contributed by atoms with Crippen molar-refractivity contribution in [2.45, 2.75) is 33.1 Å². The molecule has 0 bridgehead atoms. The Morgan fingerprint density at radius 2 is 2.04 bits per heavy atom. The van der Waals surface area contributed by atoms with Crippen LogP contribution in [0.1, 0.15) is 43.5 Å². The number of nitrogens with one attached hydrogen (secondary N) is 1. The predicted molar refractivity (Wildman–Crippen MR) is 90.8 cm³/mol. The van der Waals surface area contributed by atoms with Gasteiger partial charge in [0.25, 0.3) is 5.91 Å². The van der Waals surface area contributed by atoms with Crippen LogP contribution in [0.3, 0.4) is 0 Å². The number of likely N-dealkylation sites (tertiary alicyclic amines) is 1. The van der Waals surface area contributed by atoms with Crippen LogP contribution in [0.4, 0.5) is 5.95 Å². The molecule has 1 amide bonds. The highest BCUT2D eigenvalue weighted by Gasteiger charge is 2.43. The summed E-state index contributed by atoms with van der Waals surface area (Å²) < 4.78 is 0. The van der Waals surface area contributed by atoms with E-state index in [4.69, 9.17) is 0 Å². The first-order valence-corrected chi connectivity index (χ1v) is 8.04. The summed E-state index contributed by atoms with van der Waals surface area (Å²) in [5.41, 5.74) is 0.532. The Morgan fingerprint density at radius 3 is 2.58 bits per heavy atom. The zero-order valence-corrected chi connectivity index (χ0v) is 14.4. The summed E-state index contributed by atoms with van der Waals surface area (Å²) in [5.74, 6) is -0.631. The predicted octanol–water partition coefficient (Wildman–Crippen LogP) is 2.18. The van der Waals surface area contributed by atoms with Gasteiger partial charge in [-0.1, -0.05) is 11.6 Å². The van der Waals surface area contributed by atoms with E-state index >= 15 is 0 Å². The maximum Gasteiger partial charge on any atom is 0.311 e. The number of rotatable bonds is 5. The van der Waals surface area contributed by atoms with E-state index in [-0.39, 0.29) is 12.5 Å². The molecule has 2 heterocycles. The number of aromatic nitrogens is 2. The number of amides is 1. The lowest BCUT2D eigenvalue weighted by Gasteiger charge is -2.39. The van der Waals surface area contributed by atoms with Crippen LogP contribution in [-0.2, 0) is 4.79 Å². The SMILES string of the molecule is CNc1ncc(C(=O)N2CCCC(CC=C(C)C)(C(=O)O)C2)cn1. The molecule has 1 aromatic rings. The molecular weight excluding hydrogens is 308 g/mol. The van der Waals surface area contributed by atoms with Gasteiger partial charge in [0.1, 0.15) is 0 Å². The molecule has 1 aromatic heterocycles. The molecule has 1 atom stereocenters. The van der Waals surface area contributed by atoms with Gasteiger partial charge in [-0.25, -0.2) is 9.97 Å². The zero-order chi connectivity index (χ0) is 17.7. The smallest absolute Gasteiger partial charge is 0.311 e. The first kappa shape index (κ1) is 17.9. The number of carbonyl (C=O) groups excluding carboxylic acids is 1. The Labute approximate surface area is 141 Å². The lowest BCUT2D eigenvalue weighted by molar-refractivity contribution is -0.151. The van der Waals surface area contributed by atoms with Gasteiger partial charge < -0.3 is 15.3 Å². The molecule has 0 radical (unpaired) electrons. The van der Waals surface area contributed by atoms with Crippen molar-refractivity contribution in [3.63, 3.8) is 0 Å². The summed E-state index contributed by atoms with van der Waals surface area (Å²) in [5, 5.41) is 12.5. The Hall–Kier alpha value is -2.44. The van der Waals surface area contributed by atoms with Gasteiger partial charge >= 0.3 is 5.97 Å². The van der Waals surface area contributed by atoms with Gasteiger partial charge in [-0.3, -0.25) is 9.59 Å². The fraction of sp³-hybridized carbons (Fsp3) is 0.529. The molecule has 0 saturated carbocycles. The highest BCUT2D eigenvalue weighted by atomic mass is 16.4. The maximum atomic E-state index is 12.7. The number of piperidine rings is 1. The highest BCUT2D eigenvalue weighted by Crippen LogP contribution is 2.35. The lowest BCUT2D eigenvalue weighted by Crippen LogP contribution is -2.49. The van der Waals surface area contributed by atoms with Crippen LogP contribution < -0.4 is 5.32 Å². The van der Waals surface area contributed by atoms with Crippen molar-refractivity contribution in [1.82, 2.24) is 14.9 Å². The van der Waals surface area contributed by atoms with Crippen LogP contribution in [0, 0.1) is 5.41 Å².